The van der Waals surface area contributed by atoms with Gasteiger partial charge in [0.2, 0.25) is 0 Å². The van der Waals surface area contributed by atoms with Crippen molar-refractivity contribution >= 4 is 49.6 Å². The van der Waals surface area contributed by atoms with Gasteiger partial charge in [-0.2, -0.15) is 0 Å². The predicted octanol–water partition coefficient (Wildman–Crippen LogP) is 12.8. The second-order valence-corrected chi connectivity index (χ2v) is 13.1. The smallest absolute Gasteiger partial charge is 0.139 e. The predicted molar refractivity (Wildman–Crippen MR) is 195 cm³/mol. The Morgan fingerprint density at radius 1 is 0.435 bits per heavy atom. The molecule has 0 unspecified atom stereocenters. The normalized spacial score (nSPS) is 11.8. The molecule has 0 aliphatic rings. The van der Waals surface area contributed by atoms with Crippen molar-refractivity contribution in [3.05, 3.63) is 163 Å². The molecule has 46 heavy (non-hydrogen) atoms. The Hall–Kier alpha value is -5.60. The first kappa shape index (κ1) is 27.9. The first-order valence-electron chi connectivity index (χ1n) is 15.9. The molecule has 0 saturated heterocycles. The number of rotatable bonds is 5. The fourth-order valence-electron chi connectivity index (χ4n) is 6.71. The van der Waals surface area contributed by atoms with E-state index >= 15 is 0 Å². The Kier molecular flexibility index (Phi) is 6.73. The van der Waals surface area contributed by atoms with E-state index in [1.54, 1.807) is 0 Å². The molecule has 0 amide bonds. The first-order chi connectivity index (χ1) is 22.4. The van der Waals surface area contributed by atoms with Crippen molar-refractivity contribution in [2.24, 2.45) is 0 Å². The van der Waals surface area contributed by atoms with Gasteiger partial charge in [0.1, 0.15) is 11.3 Å². The van der Waals surface area contributed by atoms with Gasteiger partial charge in [-0.3, -0.25) is 0 Å². The third kappa shape index (κ3) is 5.02. The number of hydrogen-bond acceptors (Lipinski definition) is 2. The van der Waals surface area contributed by atoms with Crippen molar-refractivity contribution in [3.8, 4) is 22.5 Å². The minimum absolute atomic E-state index is 0.0887. The maximum absolute atomic E-state index is 6.59. The fourth-order valence-corrected chi connectivity index (χ4v) is 6.71. The second-order valence-electron chi connectivity index (χ2n) is 13.1. The van der Waals surface area contributed by atoms with E-state index in [2.05, 4.69) is 177 Å². The summed E-state index contributed by atoms with van der Waals surface area (Å²) >= 11 is 0. The van der Waals surface area contributed by atoms with Crippen molar-refractivity contribution in [2.45, 2.75) is 26.2 Å². The van der Waals surface area contributed by atoms with E-state index in [0.717, 1.165) is 34.0 Å². The van der Waals surface area contributed by atoms with Gasteiger partial charge in [-0.05, 0) is 86.6 Å². The number of para-hydroxylation sites is 1. The third-order valence-corrected chi connectivity index (χ3v) is 8.91. The highest BCUT2D eigenvalue weighted by molar-refractivity contribution is 5.93. The molecule has 7 aromatic carbocycles. The van der Waals surface area contributed by atoms with E-state index in [0.29, 0.717) is 0 Å². The molecule has 1 aromatic heterocycles. The van der Waals surface area contributed by atoms with Gasteiger partial charge in [0.25, 0.3) is 0 Å². The summed E-state index contributed by atoms with van der Waals surface area (Å²) in [6, 6.07) is 56.5. The molecule has 0 atom stereocenters. The van der Waals surface area contributed by atoms with Crippen LogP contribution in [0.1, 0.15) is 26.3 Å². The van der Waals surface area contributed by atoms with Gasteiger partial charge < -0.3 is 9.32 Å². The number of hydrogen-bond donors (Lipinski definition) is 0. The molecular weight excluding hydrogens is 558 g/mol. The minimum Gasteiger partial charge on any atom is -0.456 e. The molecule has 8 rings (SSSR count). The number of anilines is 3. The molecule has 0 spiro atoms. The molecule has 222 valence electrons. The van der Waals surface area contributed by atoms with Crippen molar-refractivity contribution in [3.63, 3.8) is 0 Å². The molecule has 0 fully saturated rings. The van der Waals surface area contributed by atoms with Gasteiger partial charge in [-0.25, -0.2) is 0 Å². The Bertz CT molecular complexity index is 2350. The molecule has 2 heteroatoms. The lowest BCUT2D eigenvalue weighted by molar-refractivity contribution is 0.568. The zero-order valence-corrected chi connectivity index (χ0v) is 26.4. The lowest BCUT2D eigenvalue weighted by Crippen LogP contribution is -2.12. The van der Waals surface area contributed by atoms with Crippen molar-refractivity contribution in [2.75, 3.05) is 4.90 Å². The van der Waals surface area contributed by atoms with E-state index in [1.165, 1.54) is 43.6 Å². The number of benzene rings is 7. The molecule has 8 aromatic rings. The van der Waals surface area contributed by atoms with Gasteiger partial charge in [0.05, 0.1) is 0 Å². The molecular formula is C44H35NO. The Balaban J connectivity index is 1.26. The van der Waals surface area contributed by atoms with Crippen LogP contribution >= 0.6 is 0 Å². The van der Waals surface area contributed by atoms with E-state index in [1.807, 2.05) is 6.07 Å². The number of fused-ring (bicyclic) bond motifs is 3. The van der Waals surface area contributed by atoms with Crippen LogP contribution in [0.15, 0.2) is 162 Å². The second kappa shape index (κ2) is 11.1. The Morgan fingerprint density at radius 3 is 1.76 bits per heavy atom. The third-order valence-electron chi connectivity index (χ3n) is 8.91. The minimum atomic E-state index is -0.0887. The SMILES string of the molecule is CC(C)(C)c1c(-c2cccc(N(c3ccc(-c4ccc5ccccc5c4)cc3)c3ccc4ccccc4c3)c2)oc2ccccc12. The summed E-state index contributed by atoms with van der Waals surface area (Å²) < 4.78 is 6.59. The topological polar surface area (TPSA) is 16.4 Å². The largest absolute Gasteiger partial charge is 0.456 e. The quantitative estimate of drug-likeness (QED) is 0.197. The van der Waals surface area contributed by atoms with E-state index < -0.39 is 0 Å². The summed E-state index contributed by atoms with van der Waals surface area (Å²) in [4.78, 5) is 2.35. The standard InChI is InChI=1S/C44H35NO/c1-44(2,3)42-40-17-8-9-18-41(40)46-43(42)36-15-10-16-38(29-36)45(39-26-23-31-12-5-7-14-34(31)28-39)37-24-21-32(22-25-37)35-20-19-30-11-4-6-13-33(30)27-35/h4-29H,1-3H3. The van der Waals surface area contributed by atoms with Crippen LogP contribution in [0.4, 0.5) is 17.1 Å². The van der Waals surface area contributed by atoms with Gasteiger partial charge in [-0.15, -0.1) is 0 Å². The lowest BCUT2D eigenvalue weighted by atomic mass is 9.83. The molecule has 0 bridgehead atoms. The van der Waals surface area contributed by atoms with Gasteiger partial charge in [0.15, 0.2) is 0 Å². The van der Waals surface area contributed by atoms with E-state index in [9.17, 15) is 0 Å². The summed E-state index contributed by atoms with van der Waals surface area (Å²) in [7, 11) is 0. The first-order valence-corrected chi connectivity index (χ1v) is 15.9. The average Bonchev–Trinajstić information content (AvgIpc) is 3.50. The molecule has 0 aliphatic carbocycles. The van der Waals surface area contributed by atoms with Crippen molar-refractivity contribution < 1.29 is 4.42 Å². The number of nitrogens with zero attached hydrogens (tertiary/aromatic N) is 1. The van der Waals surface area contributed by atoms with Crippen LogP contribution in [0, 0.1) is 0 Å². The summed E-state index contributed by atoms with van der Waals surface area (Å²) in [6.07, 6.45) is 0. The summed E-state index contributed by atoms with van der Waals surface area (Å²) in [5, 5.41) is 6.11. The molecule has 0 aliphatic heterocycles. The van der Waals surface area contributed by atoms with Gasteiger partial charge in [-0.1, -0.05) is 130 Å². The highest BCUT2D eigenvalue weighted by Crippen LogP contribution is 2.43. The van der Waals surface area contributed by atoms with Crippen molar-refractivity contribution in [1.29, 1.82) is 0 Å². The van der Waals surface area contributed by atoms with Crippen LogP contribution in [-0.4, -0.2) is 0 Å². The van der Waals surface area contributed by atoms with Crippen LogP contribution in [0.2, 0.25) is 0 Å². The molecule has 1 heterocycles. The van der Waals surface area contributed by atoms with Crippen LogP contribution < -0.4 is 4.90 Å². The van der Waals surface area contributed by atoms with Gasteiger partial charge in [0, 0.05) is 33.6 Å². The van der Waals surface area contributed by atoms with Crippen LogP contribution in [0.3, 0.4) is 0 Å². The Labute approximate surface area is 270 Å². The lowest BCUT2D eigenvalue weighted by Gasteiger charge is -2.27. The highest BCUT2D eigenvalue weighted by atomic mass is 16.3. The molecule has 0 radical (unpaired) electrons. The molecule has 0 N–H and O–H groups in total. The van der Waals surface area contributed by atoms with Crippen LogP contribution in [0.25, 0.3) is 55.0 Å². The number of furan rings is 1. The Morgan fingerprint density at radius 2 is 1.02 bits per heavy atom. The van der Waals surface area contributed by atoms with Gasteiger partial charge >= 0.3 is 0 Å². The highest BCUT2D eigenvalue weighted by Gasteiger charge is 2.26. The average molecular weight is 594 g/mol. The van der Waals surface area contributed by atoms with Crippen molar-refractivity contribution in [1.82, 2.24) is 0 Å². The summed E-state index contributed by atoms with van der Waals surface area (Å²) in [5.41, 5.74) is 8.81. The summed E-state index contributed by atoms with van der Waals surface area (Å²) in [5.74, 6) is 0.931. The zero-order chi connectivity index (χ0) is 31.3. The van der Waals surface area contributed by atoms with Crippen LogP contribution in [-0.2, 0) is 5.41 Å². The van der Waals surface area contributed by atoms with E-state index in [4.69, 9.17) is 4.42 Å². The molecule has 2 nitrogen and oxygen atoms in total. The maximum atomic E-state index is 6.59. The van der Waals surface area contributed by atoms with Crippen LogP contribution in [0.5, 0.6) is 0 Å². The van der Waals surface area contributed by atoms with E-state index in [-0.39, 0.29) is 5.41 Å². The zero-order valence-electron chi connectivity index (χ0n) is 26.4. The molecule has 0 saturated carbocycles. The fraction of sp³-hybridized carbons (Fsp3) is 0.0909. The maximum Gasteiger partial charge on any atom is 0.139 e. The monoisotopic (exact) mass is 593 g/mol. The summed E-state index contributed by atoms with van der Waals surface area (Å²) in [6.45, 7) is 6.78.